The fraction of sp³-hybridized carbons (Fsp3) is 0.447. The predicted octanol–water partition coefficient (Wildman–Crippen LogP) is 5.14. The van der Waals surface area contributed by atoms with E-state index in [9.17, 15) is 9.59 Å². The second kappa shape index (κ2) is 12.8. The van der Waals surface area contributed by atoms with Crippen molar-refractivity contribution in [1.82, 2.24) is 19.0 Å². The van der Waals surface area contributed by atoms with Crippen LogP contribution in [-0.4, -0.2) is 76.4 Å². The fourth-order valence-corrected chi connectivity index (χ4v) is 8.21. The van der Waals surface area contributed by atoms with Gasteiger partial charge in [0.2, 0.25) is 0 Å². The summed E-state index contributed by atoms with van der Waals surface area (Å²) in [5, 5.41) is 3.23. The summed E-state index contributed by atoms with van der Waals surface area (Å²) in [5.41, 5.74) is 7.22. The molecule has 3 aliphatic heterocycles. The van der Waals surface area contributed by atoms with Gasteiger partial charge in [0, 0.05) is 63.3 Å². The van der Waals surface area contributed by atoms with Crippen LogP contribution in [0.15, 0.2) is 53.6 Å². The predicted molar refractivity (Wildman–Crippen MR) is 190 cm³/mol. The molecule has 49 heavy (non-hydrogen) atoms. The van der Waals surface area contributed by atoms with Crippen LogP contribution in [0.1, 0.15) is 54.0 Å². The topological polar surface area (TPSA) is 87.9 Å². The van der Waals surface area contributed by atoms with Crippen molar-refractivity contribution in [3.8, 4) is 11.1 Å². The van der Waals surface area contributed by atoms with Crippen molar-refractivity contribution >= 4 is 28.8 Å². The smallest absolute Gasteiger partial charge is 0.274 e. The number of carbonyl (C=O) groups is 1. The lowest BCUT2D eigenvalue weighted by Crippen LogP contribution is -2.59. The van der Waals surface area contributed by atoms with Gasteiger partial charge in [-0.25, -0.2) is 9.37 Å². The summed E-state index contributed by atoms with van der Waals surface area (Å²) in [6.07, 6.45) is 8.47. The maximum atomic E-state index is 15.5. The Bertz CT molecular complexity index is 1970. The zero-order valence-electron chi connectivity index (χ0n) is 28.5. The van der Waals surface area contributed by atoms with Gasteiger partial charge in [-0.3, -0.25) is 14.5 Å². The number of aryl methyl sites for hydroxylation is 2. The maximum absolute atomic E-state index is 15.5. The Labute approximate surface area is 286 Å². The third kappa shape index (κ3) is 5.72. The number of hydrogen-bond donors (Lipinski definition) is 1. The minimum atomic E-state index is -0.424. The molecule has 0 saturated carbocycles. The highest BCUT2D eigenvalue weighted by Gasteiger charge is 2.33. The summed E-state index contributed by atoms with van der Waals surface area (Å²) in [7, 11) is 1.69. The molecule has 0 unspecified atom stereocenters. The molecule has 1 aliphatic carbocycles. The molecule has 1 atom stereocenters. The molecule has 2 fully saturated rings. The monoisotopic (exact) mass is 665 g/mol. The number of halogens is 1. The molecule has 0 spiro atoms. The molecular weight excluding hydrogens is 621 g/mol. The number of pyridine rings is 2. The Morgan fingerprint density at radius 2 is 1.86 bits per heavy atom. The van der Waals surface area contributed by atoms with E-state index in [-0.39, 0.29) is 11.5 Å². The summed E-state index contributed by atoms with van der Waals surface area (Å²) in [4.78, 5) is 38.6. The highest BCUT2D eigenvalue weighted by Crippen LogP contribution is 2.37. The van der Waals surface area contributed by atoms with E-state index in [0.717, 1.165) is 69.8 Å². The average molecular weight is 666 g/mol. The number of benzene rings is 1. The molecule has 4 aliphatic rings. The summed E-state index contributed by atoms with van der Waals surface area (Å²) in [5.74, 6) is 0.0385. The van der Waals surface area contributed by atoms with Gasteiger partial charge in [-0.1, -0.05) is 6.92 Å². The van der Waals surface area contributed by atoms with E-state index in [1.165, 1.54) is 28.0 Å². The van der Waals surface area contributed by atoms with Crippen LogP contribution in [0.5, 0.6) is 0 Å². The van der Waals surface area contributed by atoms with Crippen molar-refractivity contribution in [2.45, 2.75) is 64.6 Å². The van der Waals surface area contributed by atoms with Crippen LogP contribution in [0.3, 0.4) is 0 Å². The van der Waals surface area contributed by atoms with Gasteiger partial charge in [-0.2, -0.15) is 0 Å². The van der Waals surface area contributed by atoms with Crippen LogP contribution < -0.4 is 20.7 Å². The molecule has 3 aromatic heterocycles. The van der Waals surface area contributed by atoms with Gasteiger partial charge in [0.15, 0.2) is 0 Å². The number of ether oxygens (including phenoxy) is 1. The fourth-order valence-electron chi connectivity index (χ4n) is 8.21. The largest absolute Gasteiger partial charge is 0.378 e. The Morgan fingerprint density at radius 3 is 2.59 bits per heavy atom. The zero-order chi connectivity index (χ0) is 33.8. The lowest BCUT2D eigenvalue weighted by molar-refractivity contribution is -0.0691. The molecule has 4 aromatic rings. The number of nitrogens with zero attached hydrogens (tertiary/aromatic N) is 6. The molecule has 0 radical (unpaired) electrons. The number of piperazine rings is 1. The number of nitrogens with one attached hydrogen (secondary N) is 1. The average Bonchev–Trinajstić information content (AvgIpc) is 3.46. The summed E-state index contributed by atoms with van der Waals surface area (Å²) in [6.45, 7) is 9.97. The lowest BCUT2D eigenvalue weighted by atomic mass is 9.95. The standard InChI is InChI=1S/C38H44FN7O3/c1-4-30-31(17-27(39)18-34(30)46-14-13-45-33-8-6-5-7-25(33)16-35(45)38(46)48)26-15-32(37(47)42(3)21-26)41-36-10-9-28(19-40-36)44-12-11-43(20-24(44)2)29-22-49-23-29/h9-10,15-19,21,24,29H,4-8,11-14,20,22-23H2,1-3H3,(H,40,41)/t24-/m0/s1. The van der Waals surface area contributed by atoms with E-state index in [1.54, 1.807) is 24.2 Å². The number of carbonyl (C=O) groups excluding carboxylic acids is 1. The first-order valence-electron chi connectivity index (χ1n) is 17.7. The zero-order valence-corrected chi connectivity index (χ0v) is 28.5. The third-order valence-electron chi connectivity index (χ3n) is 10.9. The Hall–Kier alpha value is -4.48. The molecule has 256 valence electrons. The molecule has 1 N–H and O–H groups in total. The van der Waals surface area contributed by atoms with Crippen LogP contribution in [0.4, 0.5) is 27.3 Å². The molecule has 8 rings (SSSR count). The number of hydrogen-bond acceptors (Lipinski definition) is 7. The van der Waals surface area contributed by atoms with E-state index in [1.807, 2.05) is 31.3 Å². The number of amides is 1. The van der Waals surface area contributed by atoms with Crippen LogP contribution in [-0.2, 0) is 37.6 Å². The van der Waals surface area contributed by atoms with Crippen LogP contribution in [0.2, 0.25) is 0 Å². The number of fused-ring (bicyclic) bond motifs is 3. The highest BCUT2D eigenvalue weighted by molar-refractivity contribution is 6.07. The SMILES string of the molecule is CCc1c(-c2cc(Nc3ccc(N4CCN(C5COC5)C[C@@H]4C)cn3)c(=O)n(C)c2)cc(F)cc1N1CCn2c(cc3c2CCCC3)C1=O. The molecule has 1 aromatic carbocycles. The first-order valence-corrected chi connectivity index (χ1v) is 17.7. The van der Waals surface area contributed by atoms with Gasteiger partial charge in [0.05, 0.1) is 36.8 Å². The number of anilines is 4. The first kappa shape index (κ1) is 31.8. The van der Waals surface area contributed by atoms with Crippen molar-refractivity contribution in [2.24, 2.45) is 7.05 Å². The van der Waals surface area contributed by atoms with E-state index < -0.39 is 5.82 Å². The van der Waals surface area contributed by atoms with Crippen LogP contribution in [0.25, 0.3) is 11.1 Å². The second-order valence-electron chi connectivity index (χ2n) is 13.9. The van der Waals surface area contributed by atoms with Gasteiger partial charge >= 0.3 is 0 Å². The summed E-state index contributed by atoms with van der Waals surface area (Å²) in [6, 6.07) is 11.6. The van der Waals surface area contributed by atoms with Gasteiger partial charge in [-0.05, 0) is 92.1 Å². The van der Waals surface area contributed by atoms with Gasteiger partial charge in [0.25, 0.3) is 11.5 Å². The molecule has 2 saturated heterocycles. The molecule has 10 nitrogen and oxygen atoms in total. The quantitative estimate of drug-likeness (QED) is 0.293. The van der Waals surface area contributed by atoms with Gasteiger partial charge < -0.3 is 29.0 Å². The Balaban J connectivity index is 1.06. The van der Waals surface area contributed by atoms with Crippen molar-refractivity contribution in [3.05, 3.63) is 87.5 Å². The van der Waals surface area contributed by atoms with E-state index in [2.05, 4.69) is 31.6 Å². The van der Waals surface area contributed by atoms with Gasteiger partial charge in [0.1, 0.15) is 23.0 Å². The molecule has 1 amide bonds. The second-order valence-corrected chi connectivity index (χ2v) is 13.9. The number of aromatic nitrogens is 3. The van der Waals surface area contributed by atoms with E-state index in [4.69, 9.17) is 4.74 Å². The molecule has 6 heterocycles. The maximum Gasteiger partial charge on any atom is 0.274 e. The minimum Gasteiger partial charge on any atom is -0.378 e. The molecule has 0 bridgehead atoms. The normalized spacial score (nSPS) is 19.8. The van der Waals surface area contributed by atoms with Crippen molar-refractivity contribution in [2.75, 3.05) is 54.5 Å². The third-order valence-corrected chi connectivity index (χ3v) is 10.9. The Morgan fingerprint density at radius 1 is 1.02 bits per heavy atom. The van der Waals surface area contributed by atoms with Gasteiger partial charge in [-0.15, -0.1) is 0 Å². The van der Waals surface area contributed by atoms with E-state index in [0.29, 0.717) is 65.6 Å². The minimum absolute atomic E-state index is 0.0894. The van der Waals surface area contributed by atoms with Crippen LogP contribution >= 0.6 is 0 Å². The van der Waals surface area contributed by atoms with Crippen molar-refractivity contribution in [1.29, 1.82) is 0 Å². The molecular formula is C38H44FN7O3. The van der Waals surface area contributed by atoms with Crippen molar-refractivity contribution < 1.29 is 13.9 Å². The van der Waals surface area contributed by atoms with Crippen molar-refractivity contribution in [3.63, 3.8) is 0 Å². The lowest BCUT2D eigenvalue weighted by Gasteiger charge is -2.46. The number of rotatable bonds is 7. The molecule has 11 heteroatoms. The summed E-state index contributed by atoms with van der Waals surface area (Å²) < 4.78 is 24.5. The van der Waals surface area contributed by atoms with Crippen LogP contribution in [0, 0.1) is 5.82 Å². The Kier molecular flexibility index (Phi) is 8.27. The first-order chi connectivity index (χ1) is 23.8. The summed E-state index contributed by atoms with van der Waals surface area (Å²) >= 11 is 0. The van der Waals surface area contributed by atoms with E-state index >= 15 is 4.39 Å². The highest BCUT2D eigenvalue weighted by atomic mass is 19.1.